The van der Waals surface area contributed by atoms with Crippen molar-refractivity contribution < 1.29 is 13.9 Å². The molecule has 1 aromatic carbocycles. The van der Waals surface area contributed by atoms with Gasteiger partial charge in [0.15, 0.2) is 5.11 Å². The number of piperidine rings is 1. The minimum absolute atomic E-state index is 0.127. The van der Waals surface area contributed by atoms with E-state index >= 15 is 0 Å². The lowest BCUT2D eigenvalue weighted by molar-refractivity contribution is -0.00545. The van der Waals surface area contributed by atoms with Gasteiger partial charge in [0, 0.05) is 24.7 Å². The number of para-hydroxylation sites is 1. The molecule has 2 unspecified atom stereocenters. The third kappa shape index (κ3) is 3.84. The Morgan fingerprint density at radius 2 is 2.00 bits per heavy atom. The second-order valence-electron chi connectivity index (χ2n) is 4.69. The second-order valence-corrected chi connectivity index (χ2v) is 5.07. The summed E-state index contributed by atoms with van der Waals surface area (Å²) in [4.78, 5) is 1.60. The first kappa shape index (κ1) is 14.1. The maximum atomic E-state index is 12.8. The monoisotopic (exact) mass is 286 g/mol. The molecular weight excluding hydrogens is 270 g/mol. The molecule has 2 N–H and O–H groups in total. The smallest absolute Gasteiger partial charge is 0.243 e. The van der Waals surface area contributed by atoms with Crippen LogP contribution in [0.25, 0.3) is 0 Å². The number of aliphatic hydroxyl groups excluding tert-OH is 1. The molecule has 0 radical (unpaired) electrons. The van der Waals surface area contributed by atoms with Crippen molar-refractivity contribution >= 4 is 23.0 Å². The summed E-state index contributed by atoms with van der Waals surface area (Å²) >= 11 is 5.21. The Labute approximate surface area is 116 Å². The number of hydrogen-bond acceptors (Lipinski definition) is 2. The van der Waals surface area contributed by atoms with Crippen LogP contribution < -0.4 is 5.32 Å². The van der Waals surface area contributed by atoms with Crippen molar-refractivity contribution in [3.63, 3.8) is 0 Å². The second kappa shape index (κ2) is 6.25. The fraction of sp³-hybridized carbons (Fsp3) is 0.462. The zero-order chi connectivity index (χ0) is 13.8. The fourth-order valence-electron chi connectivity index (χ4n) is 2.18. The normalized spacial score (nSPS) is 23.5. The summed E-state index contributed by atoms with van der Waals surface area (Å²) in [5.41, 5.74) is 0.807. The lowest BCUT2D eigenvalue weighted by atomic mass is 9.97. The number of thiocarbonyl (C=S) groups is 1. The summed E-state index contributed by atoms with van der Waals surface area (Å²) in [5.74, 6) is -0.834. The van der Waals surface area contributed by atoms with Gasteiger partial charge in [-0.15, -0.1) is 0 Å². The van der Waals surface area contributed by atoms with Gasteiger partial charge in [0.1, 0.15) is 0 Å². The van der Waals surface area contributed by atoms with Gasteiger partial charge in [-0.25, -0.2) is 8.78 Å². The van der Waals surface area contributed by atoms with Gasteiger partial charge in [-0.05, 0) is 30.8 Å². The minimum atomic E-state index is -2.43. The highest BCUT2D eigenvalue weighted by molar-refractivity contribution is 7.80. The van der Waals surface area contributed by atoms with E-state index in [9.17, 15) is 13.9 Å². The zero-order valence-electron chi connectivity index (χ0n) is 10.3. The number of likely N-dealkylation sites (tertiary alicyclic amines) is 1. The number of hydrogen-bond donors (Lipinski definition) is 2. The molecule has 0 spiro atoms. The average Bonchev–Trinajstić information content (AvgIpc) is 2.39. The van der Waals surface area contributed by atoms with Gasteiger partial charge < -0.3 is 15.3 Å². The summed E-state index contributed by atoms with van der Waals surface area (Å²) in [7, 11) is 0. The molecule has 2 atom stereocenters. The Balaban J connectivity index is 1.98. The van der Waals surface area contributed by atoms with Crippen molar-refractivity contribution in [3.05, 3.63) is 30.3 Å². The third-order valence-electron chi connectivity index (χ3n) is 3.13. The summed E-state index contributed by atoms with van der Waals surface area (Å²) in [5, 5.41) is 13.0. The first-order chi connectivity index (χ1) is 9.06. The van der Waals surface area contributed by atoms with Crippen molar-refractivity contribution in [1.82, 2.24) is 4.90 Å². The van der Waals surface area contributed by atoms with E-state index < -0.39 is 18.4 Å². The van der Waals surface area contributed by atoms with Crippen LogP contribution in [-0.4, -0.2) is 40.7 Å². The Bertz CT molecular complexity index is 430. The van der Waals surface area contributed by atoms with Crippen LogP contribution in [0, 0.1) is 5.92 Å². The van der Waals surface area contributed by atoms with Gasteiger partial charge in [0.2, 0.25) is 6.43 Å². The first-order valence-corrected chi connectivity index (χ1v) is 6.54. The standard InChI is InChI=1S/C13H16F2N2OS/c14-12(15)9-6-11(18)8-17(7-9)13(19)16-10-4-2-1-3-5-10/h1-5,9,11-12,18H,6-8H2,(H,16,19). The van der Waals surface area contributed by atoms with Crippen LogP contribution in [-0.2, 0) is 0 Å². The van der Waals surface area contributed by atoms with Crippen molar-refractivity contribution in [2.75, 3.05) is 18.4 Å². The van der Waals surface area contributed by atoms with E-state index in [0.717, 1.165) is 5.69 Å². The average molecular weight is 286 g/mol. The van der Waals surface area contributed by atoms with E-state index in [1.165, 1.54) is 0 Å². The topological polar surface area (TPSA) is 35.5 Å². The van der Waals surface area contributed by atoms with Crippen molar-refractivity contribution in [3.8, 4) is 0 Å². The molecule has 0 aliphatic carbocycles. The van der Waals surface area contributed by atoms with E-state index in [2.05, 4.69) is 5.32 Å². The van der Waals surface area contributed by atoms with E-state index in [4.69, 9.17) is 12.2 Å². The maximum absolute atomic E-state index is 12.8. The van der Waals surface area contributed by atoms with Crippen molar-refractivity contribution in [2.45, 2.75) is 19.0 Å². The third-order valence-corrected chi connectivity index (χ3v) is 3.49. The van der Waals surface area contributed by atoms with Crippen LogP contribution in [0.5, 0.6) is 0 Å². The van der Waals surface area contributed by atoms with Gasteiger partial charge in [0.05, 0.1) is 6.10 Å². The van der Waals surface area contributed by atoms with Crippen LogP contribution in [0.4, 0.5) is 14.5 Å². The largest absolute Gasteiger partial charge is 0.391 e. The molecule has 1 aliphatic rings. The van der Waals surface area contributed by atoms with E-state index in [1.54, 1.807) is 4.90 Å². The molecule has 1 fully saturated rings. The molecule has 1 heterocycles. The van der Waals surface area contributed by atoms with Crippen LogP contribution in [0.2, 0.25) is 0 Å². The highest BCUT2D eigenvalue weighted by atomic mass is 32.1. The van der Waals surface area contributed by atoms with Gasteiger partial charge in [-0.2, -0.15) is 0 Å². The molecule has 1 aromatic rings. The number of nitrogens with zero attached hydrogens (tertiary/aromatic N) is 1. The Morgan fingerprint density at radius 3 is 2.63 bits per heavy atom. The van der Waals surface area contributed by atoms with E-state index in [1.807, 2.05) is 30.3 Å². The number of halogens is 2. The Kier molecular flexibility index (Phi) is 4.66. The fourth-order valence-corrected chi connectivity index (χ4v) is 2.45. The lowest BCUT2D eigenvalue weighted by Crippen LogP contribution is -2.49. The maximum Gasteiger partial charge on any atom is 0.243 e. The molecule has 1 saturated heterocycles. The molecule has 0 amide bonds. The lowest BCUT2D eigenvalue weighted by Gasteiger charge is -2.36. The Hall–Kier alpha value is -1.27. The number of rotatable bonds is 2. The van der Waals surface area contributed by atoms with Crippen molar-refractivity contribution in [2.24, 2.45) is 5.92 Å². The molecule has 0 bridgehead atoms. The Morgan fingerprint density at radius 1 is 1.32 bits per heavy atom. The van der Waals surface area contributed by atoms with Crippen LogP contribution in [0.1, 0.15) is 6.42 Å². The summed E-state index contributed by atoms with van der Waals surface area (Å²) in [6.07, 6.45) is -3.07. The van der Waals surface area contributed by atoms with Gasteiger partial charge in [-0.1, -0.05) is 18.2 Å². The molecule has 1 aliphatic heterocycles. The zero-order valence-corrected chi connectivity index (χ0v) is 11.1. The predicted molar refractivity (Wildman–Crippen MR) is 74.4 cm³/mol. The summed E-state index contributed by atoms with van der Waals surface area (Å²) in [6, 6.07) is 9.29. The van der Waals surface area contributed by atoms with Crippen LogP contribution in [0.15, 0.2) is 30.3 Å². The highest BCUT2D eigenvalue weighted by Crippen LogP contribution is 2.23. The number of nitrogens with one attached hydrogen (secondary N) is 1. The number of benzene rings is 1. The minimum Gasteiger partial charge on any atom is -0.391 e. The summed E-state index contributed by atoms with van der Waals surface area (Å²) < 4.78 is 25.5. The molecule has 2 rings (SSSR count). The molecule has 6 heteroatoms. The van der Waals surface area contributed by atoms with Crippen LogP contribution >= 0.6 is 12.2 Å². The SMILES string of the molecule is OC1CC(C(F)F)CN(C(=S)Nc2ccccc2)C1. The number of β-amino-alcohol motifs (C(OH)–C–C–N with tert-alkyl or cyclic N) is 1. The predicted octanol–water partition coefficient (Wildman–Crippen LogP) is 2.33. The molecular formula is C13H16F2N2OS. The molecule has 0 aromatic heterocycles. The van der Waals surface area contributed by atoms with Gasteiger partial charge >= 0.3 is 0 Å². The highest BCUT2D eigenvalue weighted by Gasteiger charge is 2.32. The first-order valence-electron chi connectivity index (χ1n) is 6.13. The summed E-state index contributed by atoms with van der Waals surface area (Å²) in [6.45, 7) is 0.468. The van der Waals surface area contributed by atoms with Crippen LogP contribution in [0.3, 0.4) is 0 Å². The molecule has 19 heavy (non-hydrogen) atoms. The van der Waals surface area contributed by atoms with E-state index in [-0.39, 0.29) is 13.0 Å². The quantitative estimate of drug-likeness (QED) is 0.818. The molecule has 104 valence electrons. The molecule has 0 saturated carbocycles. The van der Waals surface area contributed by atoms with Gasteiger partial charge in [0.25, 0.3) is 0 Å². The number of anilines is 1. The number of alkyl halides is 2. The molecule has 3 nitrogen and oxygen atoms in total. The number of aliphatic hydroxyl groups is 1. The van der Waals surface area contributed by atoms with Crippen molar-refractivity contribution in [1.29, 1.82) is 0 Å². The van der Waals surface area contributed by atoms with E-state index in [0.29, 0.717) is 11.7 Å². The van der Waals surface area contributed by atoms with Gasteiger partial charge in [-0.3, -0.25) is 0 Å².